The van der Waals surface area contributed by atoms with E-state index in [-0.39, 0.29) is 0 Å². The quantitative estimate of drug-likeness (QED) is 0.883. The Morgan fingerprint density at radius 2 is 1.79 bits per heavy atom. The number of hydrogen-bond donors (Lipinski definition) is 2. The van der Waals surface area contributed by atoms with E-state index in [4.69, 9.17) is 4.74 Å². The van der Waals surface area contributed by atoms with Crippen LogP contribution in [0.4, 0.5) is 17.3 Å². The summed E-state index contributed by atoms with van der Waals surface area (Å²) in [7, 11) is 3.40. The van der Waals surface area contributed by atoms with Crippen LogP contribution in [0.2, 0.25) is 0 Å². The average molecular weight is 258 g/mol. The zero-order chi connectivity index (χ0) is 13.8. The Balaban J connectivity index is 2.35. The van der Waals surface area contributed by atoms with Crippen molar-refractivity contribution >= 4 is 17.3 Å². The predicted molar refractivity (Wildman–Crippen MR) is 77.3 cm³/mol. The molecular formula is C14H18N4O. The number of aryl methyl sites for hydroxylation is 2. The Morgan fingerprint density at radius 3 is 2.42 bits per heavy atom. The van der Waals surface area contributed by atoms with Gasteiger partial charge in [0.2, 0.25) is 5.75 Å². The first-order valence-electron chi connectivity index (χ1n) is 6.06. The molecule has 0 saturated heterocycles. The zero-order valence-electron chi connectivity index (χ0n) is 11.6. The highest BCUT2D eigenvalue weighted by atomic mass is 16.5. The summed E-state index contributed by atoms with van der Waals surface area (Å²) in [5.41, 5.74) is 3.46. The second-order valence-electron chi connectivity index (χ2n) is 4.28. The van der Waals surface area contributed by atoms with Crippen molar-refractivity contribution in [2.24, 2.45) is 0 Å². The molecule has 1 aromatic heterocycles. The number of anilines is 3. The van der Waals surface area contributed by atoms with E-state index >= 15 is 0 Å². The second kappa shape index (κ2) is 5.56. The number of nitrogens with one attached hydrogen (secondary N) is 2. The summed E-state index contributed by atoms with van der Waals surface area (Å²) in [6.07, 6.45) is 1.50. The van der Waals surface area contributed by atoms with Crippen LogP contribution in [-0.4, -0.2) is 24.1 Å². The molecule has 0 amide bonds. The summed E-state index contributed by atoms with van der Waals surface area (Å²) >= 11 is 0. The minimum Gasteiger partial charge on any atom is -0.490 e. The van der Waals surface area contributed by atoms with Gasteiger partial charge in [0.25, 0.3) is 0 Å². The number of benzene rings is 1. The number of rotatable bonds is 4. The highest BCUT2D eigenvalue weighted by Crippen LogP contribution is 2.31. The van der Waals surface area contributed by atoms with Gasteiger partial charge < -0.3 is 15.4 Å². The van der Waals surface area contributed by atoms with Gasteiger partial charge in [-0.1, -0.05) is 6.07 Å². The zero-order valence-corrected chi connectivity index (χ0v) is 11.6. The summed E-state index contributed by atoms with van der Waals surface area (Å²) in [4.78, 5) is 8.33. The molecule has 19 heavy (non-hydrogen) atoms. The van der Waals surface area contributed by atoms with Crippen LogP contribution >= 0.6 is 0 Å². The molecule has 0 aliphatic rings. The molecule has 1 aromatic carbocycles. The lowest BCUT2D eigenvalue weighted by Crippen LogP contribution is -2.03. The standard InChI is InChI=1S/C14H18N4O/c1-9-5-6-11(7-10(9)2)18-14-12(19-4)13(15-3)16-8-17-14/h5-8H,1-4H3,(H2,15,16,17,18). The van der Waals surface area contributed by atoms with Crippen molar-refractivity contribution in [2.45, 2.75) is 13.8 Å². The Bertz CT molecular complexity index is 584. The molecule has 5 heteroatoms. The molecule has 2 aromatic rings. The van der Waals surface area contributed by atoms with Gasteiger partial charge in [0, 0.05) is 12.7 Å². The van der Waals surface area contributed by atoms with Gasteiger partial charge in [-0.3, -0.25) is 0 Å². The van der Waals surface area contributed by atoms with E-state index in [9.17, 15) is 0 Å². The van der Waals surface area contributed by atoms with E-state index in [0.29, 0.717) is 17.4 Å². The summed E-state index contributed by atoms with van der Waals surface area (Å²) in [5.74, 6) is 1.90. The summed E-state index contributed by atoms with van der Waals surface area (Å²) in [5, 5.41) is 6.23. The molecule has 100 valence electrons. The Morgan fingerprint density at radius 1 is 1.05 bits per heavy atom. The summed E-state index contributed by atoms with van der Waals surface area (Å²) < 4.78 is 5.34. The molecule has 5 nitrogen and oxygen atoms in total. The van der Waals surface area contributed by atoms with Crippen LogP contribution in [0.15, 0.2) is 24.5 Å². The Labute approximate surface area is 113 Å². The first kappa shape index (κ1) is 13.1. The van der Waals surface area contributed by atoms with Gasteiger partial charge in [0.05, 0.1) is 7.11 Å². The van der Waals surface area contributed by atoms with Crippen molar-refractivity contribution in [1.82, 2.24) is 9.97 Å². The molecule has 0 aliphatic carbocycles. The highest BCUT2D eigenvalue weighted by molar-refractivity contribution is 5.69. The van der Waals surface area contributed by atoms with Crippen LogP contribution in [0.1, 0.15) is 11.1 Å². The molecule has 0 spiro atoms. The van der Waals surface area contributed by atoms with Crippen LogP contribution < -0.4 is 15.4 Å². The van der Waals surface area contributed by atoms with Gasteiger partial charge in [0.1, 0.15) is 6.33 Å². The molecule has 0 unspecified atom stereocenters. The maximum Gasteiger partial charge on any atom is 0.204 e. The fourth-order valence-corrected chi connectivity index (χ4v) is 1.79. The number of methoxy groups -OCH3 is 1. The molecule has 1 heterocycles. The Hall–Kier alpha value is -2.30. The van der Waals surface area contributed by atoms with Crippen molar-refractivity contribution in [3.05, 3.63) is 35.7 Å². The van der Waals surface area contributed by atoms with Crippen molar-refractivity contribution in [3.8, 4) is 5.75 Å². The van der Waals surface area contributed by atoms with Gasteiger partial charge in [-0.25, -0.2) is 9.97 Å². The molecule has 2 rings (SSSR count). The smallest absolute Gasteiger partial charge is 0.204 e. The summed E-state index contributed by atoms with van der Waals surface area (Å²) in [6, 6.07) is 6.17. The number of aromatic nitrogens is 2. The molecule has 0 saturated carbocycles. The largest absolute Gasteiger partial charge is 0.490 e. The monoisotopic (exact) mass is 258 g/mol. The van der Waals surface area contributed by atoms with Gasteiger partial charge in [0.15, 0.2) is 11.6 Å². The van der Waals surface area contributed by atoms with Crippen LogP contribution in [0, 0.1) is 13.8 Å². The van der Waals surface area contributed by atoms with Crippen LogP contribution in [-0.2, 0) is 0 Å². The van der Waals surface area contributed by atoms with Crippen molar-refractivity contribution in [1.29, 1.82) is 0 Å². The molecular weight excluding hydrogens is 240 g/mol. The lowest BCUT2D eigenvalue weighted by Gasteiger charge is -2.13. The van der Waals surface area contributed by atoms with E-state index in [1.54, 1.807) is 14.2 Å². The maximum atomic E-state index is 5.34. The van der Waals surface area contributed by atoms with Crippen LogP contribution in [0.3, 0.4) is 0 Å². The van der Waals surface area contributed by atoms with Crippen molar-refractivity contribution in [2.75, 3.05) is 24.8 Å². The van der Waals surface area contributed by atoms with Crippen LogP contribution in [0.25, 0.3) is 0 Å². The van der Waals surface area contributed by atoms with E-state index < -0.39 is 0 Å². The van der Waals surface area contributed by atoms with E-state index in [2.05, 4.69) is 46.6 Å². The molecule has 2 N–H and O–H groups in total. The molecule has 0 atom stereocenters. The molecule has 0 radical (unpaired) electrons. The SMILES string of the molecule is CNc1ncnc(Nc2ccc(C)c(C)c2)c1OC. The minimum absolute atomic E-state index is 0.600. The lowest BCUT2D eigenvalue weighted by atomic mass is 10.1. The second-order valence-corrected chi connectivity index (χ2v) is 4.28. The topological polar surface area (TPSA) is 59.1 Å². The normalized spacial score (nSPS) is 10.1. The fraction of sp³-hybridized carbons (Fsp3) is 0.286. The predicted octanol–water partition coefficient (Wildman–Crippen LogP) is 2.89. The van der Waals surface area contributed by atoms with Gasteiger partial charge >= 0.3 is 0 Å². The maximum absolute atomic E-state index is 5.34. The third-order valence-electron chi connectivity index (χ3n) is 3.01. The summed E-state index contributed by atoms with van der Waals surface area (Å²) in [6.45, 7) is 4.17. The fourth-order valence-electron chi connectivity index (χ4n) is 1.79. The van der Waals surface area contributed by atoms with E-state index in [1.807, 2.05) is 6.07 Å². The number of hydrogen-bond acceptors (Lipinski definition) is 5. The third kappa shape index (κ3) is 2.76. The van der Waals surface area contributed by atoms with Gasteiger partial charge in [-0.05, 0) is 37.1 Å². The highest BCUT2D eigenvalue weighted by Gasteiger charge is 2.11. The Kier molecular flexibility index (Phi) is 3.85. The van der Waals surface area contributed by atoms with Gasteiger partial charge in [-0.2, -0.15) is 0 Å². The van der Waals surface area contributed by atoms with E-state index in [0.717, 1.165) is 5.69 Å². The molecule has 0 aliphatic heterocycles. The first-order valence-corrected chi connectivity index (χ1v) is 6.06. The first-order chi connectivity index (χ1) is 9.15. The number of nitrogens with zero attached hydrogens (tertiary/aromatic N) is 2. The average Bonchev–Trinajstić information content (AvgIpc) is 2.42. The third-order valence-corrected chi connectivity index (χ3v) is 3.01. The van der Waals surface area contributed by atoms with Gasteiger partial charge in [-0.15, -0.1) is 0 Å². The van der Waals surface area contributed by atoms with Crippen molar-refractivity contribution in [3.63, 3.8) is 0 Å². The minimum atomic E-state index is 0.600. The van der Waals surface area contributed by atoms with E-state index in [1.165, 1.54) is 17.5 Å². The molecule has 0 fully saturated rings. The lowest BCUT2D eigenvalue weighted by molar-refractivity contribution is 0.415. The van der Waals surface area contributed by atoms with Crippen LogP contribution in [0.5, 0.6) is 5.75 Å². The number of ether oxygens (including phenoxy) is 1. The molecule has 0 bridgehead atoms. The van der Waals surface area contributed by atoms with Crippen molar-refractivity contribution < 1.29 is 4.74 Å².